The average molecular weight is 189 g/mol. The van der Waals surface area contributed by atoms with Crippen LogP contribution in [0.5, 0.6) is 0 Å². The predicted molar refractivity (Wildman–Crippen MR) is 44.1 cm³/mol. The van der Waals surface area contributed by atoms with E-state index in [2.05, 4.69) is 9.72 Å². The molecule has 0 aliphatic rings. The van der Waals surface area contributed by atoms with E-state index in [1.807, 2.05) is 17.8 Å². The van der Waals surface area contributed by atoms with Crippen molar-refractivity contribution in [2.75, 3.05) is 6.61 Å². The van der Waals surface area contributed by atoms with Crippen molar-refractivity contribution >= 4 is 17.0 Å². The Labute approximate surface area is 75.1 Å². The van der Waals surface area contributed by atoms with E-state index in [0.29, 0.717) is 6.42 Å². The van der Waals surface area contributed by atoms with Crippen molar-refractivity contribution in [3.05, 3.63) is 18.2 Å². The molecule has 66 valence electrons. The second-order valence-electron chi connectivity index (χ2n) is 2.29. The molecule has 0 unspecified atom stereocenters. The Bertz CT molecular complexity index is 272. The Hall–Kier alpha value is -1.03. The zero-order valence-corrected chi connectivity index (χ0v) is 7.41. The predicted octanol–water partition coefficient (Wildman–Crippen LogP) is 1.34. The zero-order chi connectivity index (χ0) is 8.97. The third-order valence-electron chi connectivity index (χ3n) is 1.46. The van der Waals surface area contributed by atoms with Crippen LogP contribution in [0.1, 0.15) is 5.82 Å². The number of halogens is 1. The highest BCUT2D eigenvalue weighted by Gasteiger charge is 2.00. The number of hydrogen-bond donors (Lipinski definition) is 0. The Balaban J connectivity index is 2.33. The van der Waals surface area contributed by atoms with Gasteiger partial charge in [-0.1, -0.05) is 0 Å². The molecule has 0 spiro atoms. The third kappa shape index (κ3) is 2.54. The number of carbonyl (C=O) groups is 1. The summed E-state index contributed by atoms with van der Waals surface area (Å²) in [6.07, 6.45) is 4.11. The molecule has 0 atom stereocenters. The summed E-state index contributed by atoms with van der Waals surface area (Å²) in [6.45, 7) is 0.271. The Morgan fingerprint density at radius 1 is 1.83 bits per heavy atom. The number of aromatic nitrogens is 2. The van der Waals surface area contributed by atoms with Crippen molar-refractivity contribution in [1.82, 2.24) is 9.55 Å². The first-order valence-corrected chi connectivity index (χ1v) is 3.86. The fourth-order valence-electron chi connectivity index (χ4n) is 0.860. The molecular formula is C7H9ClN2O2. The van der Waals surface area contributed by atoms with E-state index in [9.17, 15) is 4.79 Å². The Morgan fingerprint density at radius 2 is 2.58 bits per heavy atom. The van der Waals surface area contributed by atoms with E-state index in [4.69, 9.17) is 11.6 Å². The first-order chi connectivity index (χ1) is 5.70. The van der Waals surface area contributed by atoms with Crippen LogP contribution in [0.3, 0.4) is 0 Å². The number of nitrogens with zero attached hydrogens (tertiary/aromatic N) is 2. The van der Waals surface area contributed by atoms with E-state index in [1.54, 1.807) is 6.20 Å². The van der Waals surface area contributed by atoms with E-state index >= 15 is 0 Å². The van der Waals surface area contributed by atoms with Gasteiger partial charge in [0.05, 0.1) is 6.61 Å². The van der Waals surface area contributed by atoms with Crippen LogP contribution in [-0.2, 0) is 18.2 Å². The van der Waals surface area contributed by atoms with Gasteiger partial charge in [0.25, 0.3) is 0 Å². The fraction of sp³-hybridized carbons (Fsp3) is 0.429. The lowest BCUT2D eigenvalue weighted by Crippen LogP contribution is -2.04. The van der Waals surface area contributed by atoms with E-state index in [1.165, 1.54) is 0 Å². The molecule has 0 N–H and O–H groups in total. The Morgan fingerprint density at radius 3 is 3.08 bits per heavy atom. The molecule has 0 saturated carbocycles. The van der Waals surface area contributed by atoms with Crippen LogP contribution in [-0.4, -0.2) is 21.6 Å². The van der Waals surface area contributed by atoms with Crippen molar-refractivity contribution in [2.45, 2.75) is 6.42 Å². The quantitative estimate of drug-likeness (QED) is 0.673. The number of rotatable bonds is 3. The maximum absolute atomic E-state index is 10.2. The van der Waals surface area contributed by atoms with Crippen LogP contribution in [0.25, 0.3) is 0 Å². The van der Waals surface area contributed by atoms with Gasteiger partial charge in [-0.15, -0.1) is 0 Å². The monoisotopic (exact) mass is 188 g/mol. The highest BCUT2D eigenvalue weighted by Crippen LogP contribution is 1.96. The lowest BCUT2D eigenvalue weighted by Gasteiger charge is -2.00. The van der Waals surface area contributed by atoms with Crippen molar-refractivity contribution in [3.63, 3.8) is 0 Å². The minimum atomic E-state index is -0.774. The topological polar surface area (TPSA) is 44.1 Å². The molecule has 0 fully saturated rings. The SMILES string of the molecule is Cn1ccnc1CCOC(=O)Cl. The molecule has 0 bridgehead atoms. The summed E-state index contributed by atoms with van der Waals surface area (Å²) >= 11 is 4.97. The molecule has 0 amide bonds. The van der Waals surface area contributed by atoms with Crippen molar-refractivity contribution in [2.24, 2.45) is 7.05 Å². The first kappa shape index (κ1) is 9.06. The molecule has 1 heterocycles. The van der Waals surface area contributed by atoms with Gasteiger partial charge in [-0.05, 0) is 0 Å². The normalized spacial score (nSPS) is 9.83. The van der Waals surface area contributed by atoms with Crippen molar-refractivity contribution in [3.8, 4) is 0 Å². The molecule has 12 heavy (non-hydrogen) atoms. The largest absolute Gasteiger partial charge is 0.453 e. The van der Waals surface area contributed by atoms with Crippen molar-refractivity contribution in [1.29, 1.82) is 0 Å². The molecule has 4 nitrogen and oxygen atoms in total. The van der Waals surface area contributed by atoms with Gasteiger partial charge in [-0.3, -0.25) is 0 Å². The smallest absolute Gasteiger partial charge is 0.403 e. The van der Waals surface area contributed by atoms with Crippen LogP contribution in [0.2, 0.25) is 0 Å². The standard InChI is InChI=1S/C7H9ClN2O2/c1-10-4-3-9-6(10)2-5-12-7(8)11/h3-4H,2,5H2,1H3. The van der Waals surface area contributed by atoms with Gasteiger partial charge < -0.3 is 9.30 Å². The summed E-state index contributed by atoms with van der Waals surface area (Å²) in [4.78, 5) is 14.2. The van der Waals surface area contributed by atoms with Crippen LogP contribution >= 0.6 is 11.6 Å². The van der Waals surface area contributed by atoms with Gasteiger partial charge in [0.2, 0.25) is 0 Å². The molecule has 1 rings (SSSR count). The molecule has 1 aromatic rings. The van der Waals surface area contributed by atoms with Gasteiger partial charge in [0.15, 0.2) is 0 Å². The molecule has 1 aromatic heterocycles. The minimum absolute atomic E-state index is 0.271. The summed E-state index contributed by atoms with van der Waals surface area (Å²) < 4.78 is 6.41. The summed E-state index contributed by atoms with van der Waals surface area (Å²) in [6, 6.07) is 0. The number of hydrogen-bond acceptors (Lipinski definition) is 3. The Kier molecular flexibility index (Phi) is 3.10. The van der Waals surface area contributed by atoms with Gasteiger partial charge in [0.1, 0.15) is 5.82 Å². The second kappa shape index (κ2) is 4.11. The summed E-state index contributed by atoms with van der Waals surface area (Å²) in [7, 11) is 1.88. The van der Waals surface area contributed by atoms with E-state index < -0.39 is 5.43 Å². The van der Waals surface area contributed by atoms with Gasteiger partial charge in [-0.2, -0.15) is 0 Å². The van der Waals surface area contributed by atoms with Crippen LogP contribution in [0, 0.1) is 0 Å². The first-order valence-electron chi connectivity index (χ1n) is 3.48. The molecule has 0 saturated heterocycles. The van der Waals surface area contributed by atoms with E-state index in [-0.39, 0.29) is 6.61 Å². The van der Waals surface area contributed by atoms with Crippen molar-refractivity contribution < 1.29 is 9.53 Å². The zero-order valence-electron chi connectivity index (χ0n) is 6.66. The average Bonchev–Trinajstić information content (AvgIpc) is 2.36. The molecule has 0 radical (unpaired) electrons. The third-order valence-corrected chi connectivity index (χ3v) is 1.57. The number of ether oxygens (including phenoxy) is 1. The van der Waals surface area contributed by atoms with Crippen LogP contribution < -0.4 is 0 Å². The maximum Gasteiger partial charge on any atom is 0.403 e. The number of imidazole rings is 1. The molecule has 0 aromatic carbocycles. The summed E-state index contributed by atoms with van der Waals surface area (Å²) in [5.41, 5.74) is -0.774. The van der Waals surface area contributed by atoms with E-state index in [0.717, 1.165) is 5.82 Å². The minimum Gasteiger partial charge on any atom is -0.453 e. The van der Waals surface area contributed by atoms with Gasteiger partial charge in [-0.25, -0.2) is 9.78 Å². The summed E-state index contributed by atoms with van der Waals surface area (Å²) in [5, 5.41) is 0. The number of carbonyl (C=O) groups excluding carboxylic acids is 1. The second-order valence-corrected chi connectivity index (χ2v) is 2.60. The molecule has 0 aliphatic carbocycles. The molecule has 5 heteroatoms. The summed E-state index contributed by atoms with van der Waals surface area (Å²) in [5.74, 6) is 0.868. The molecular weight excluding hydrogens is 180 g/mol. The highest BCUT2D eigenvalue weighted by atomic mass is 35.5. The lowest BCUT2D eigenvalue weighted by molar-refractivity contribution is 0.174. The van der Waals surface area contributed by atoms with Gasteiger partial charge >= 0.3 is 5.43 Å². The fourth-order valence-corrected chi connectivity index (χ4v) is 0.937. The molecule has 0 aliphatic heterocycles. The van der Waals surface area contributed by atoms with Crippen LogP contribution in [0.4, 0.5) is 4.79 Å². The highest BCUT2D eigenvalue weighted by molar-refractivity contribution is 6.61. The van der Waals surface area contributed by atoms with Crippen LogP contribution in [0.15, 0.2) is 12.4 Å². The maximum atomic E-state index is 10.2. The lowest BCUT2D eigenvalue weighted by atomic mass is 10.4. The number of aryl methyl sites for hydroxylation is 1. The van der Waals surface area contributed by atoms with Gasteiger partial charge in [0, 0.05) is 37.5 Å².